The summed E-state index contributed by atoms with van der Waals surface area (Å²) in [5, 5.41) is 1.48. The molecule has 0 aliphatic heterocycles. The molecule has 1 aromatic carbocycles. The van der Waals surface area contributed by atoms with Crippen LogP contribution < -0.4 is 5.19 Å². The van der Waals surface area contributed by atoms with Crippen molar-refractivity contribution in [2.45, 2.75) is 71.4 Å². The van der Waals surface area contributed by atoms with E-state index in [0.29, 0.717) is 0 Å². The zero-order valence-corrected chi connectivity index (χ0v) is 16.5. The van der Waals surface area contributed by atoms with Crippen LogP contribution in [0.5, 0.6) is 0 Å². The molecular weight excluding hydrogens is 340 g/mol. The van der Waals surface area contributed by atoms with Gasteiger partial charge in [-0.1, -0.05) is 80.9 Å². The van der Waals surface area contributed by atoms with Gasteiger partial charge in [0.25, 0.3) is 0 Å². The van der Waals surface area contributed by atoms with Crippen molar-refractivity contribution in [2.75, 3.05) is 6.61 Å². The first-order valence-corrected chi connectivity index (χ1v) is 11.7. The van der Waals surface area contributed by atoms with E-state index in [4.69, 9.17) is 4.43 Å². The molecule has 0 saturated heterocycles. The quantitative estimate of drug-likeness (QED) is 0.341. The van der Waals surface area contributed by atoms with Crippen LogP contribution in [-0.2, 0) is 4.43 Å². The first-order chi connectivity index (χ1) is 10.2. The Morgan fingerprint density at radius 2 is 1.57 bits per heavy atom. The largest absolute Gasteiger partial charge is 0.412 e. The SMILES string of the molecule is CCCCO[Si](CCCC)(CCCC)c1cccc(Br)c1. The van der Waals surface area contributed by atoms with E-state index in [9.17, 15) is 0 Å². The molecule has 1 nitrogen and oxygen atoms in total. The molecule has 0 spiro atoms. The lowest BCUT2D eigenvalue weighted by Crippen LogP contribution is -2.51. The molecule has 0 amide bonds. The molecule has 0 atom stereocenters. The average molecular weight is 371 g/mol. The van der Waals surface area contributed by atoms with E-state index in [0.717, 1.165) is 6.61 Å². The van der Waals surface area contributed by atoms with E-state index >= 15 is 0 Å². The highest BCUT2D eigenvalue weighted by atomic mass is 79.9. The van der Waals surface area contributed by atoms with Gasteiger partial charge in [0.05, 0.1) is 0 Å². The van der Waals surface area contributed by atoms with Gasteiger partial charge >= 0.3 is 0 Å². The normalized spacial score (nSPS) is 11.8. The number of halogens is 1. The maximum absolute atomic E-state index is 6.63. The van der Waals surface area contributed by atoms with Crippen LogP contribution >= 0.6 is 15.9 Å². The van der Waals surface area contributed by atoms with E-state index in [1.165, 1.54) is 60.3 Å². The maximum atomic E-state index is 6.63. The first-order valence-electron chi connectivity index (χ1n) is 8.58. The van der Waals surface area contributed by atoms with Gasteiger partial charge in [-0.3, -0.25) is 0 Å². The van der Waals surface area contributed by atoms with E-state index in [1.807, 2.05) is 0 Å². The lowest BCUT2D eigenvalue weighted by Gasteiger charge is -2.32. The fourth-order valence-corrected chi connectivity index (χ4v) is 7.85. The predicted molar refractivity (Wildman–Crippen MR) is 99.8 cm³/mol. The summed E-state index contributed by atoms with van der Waals surface area (Å²) >= 11 is 3.64. The van der Waals surface area contributed by atoms with Gasteiger partial charge in [-0.15, -0.1) is 0 Å². The summed E-state index contributed by atoms with van der Waals surface area (Å²) in [6, 6.07) is 11.4. The second kappa shape index (κ2) is 10.6. The lowest BCUT2D eigenvalue weighted by atomic mass is 10.4. The van der Waals surface area contributed by atoms with Crippen molar-refractivity contribution in [1.82, 2.24) is 0 Å². The molecule has 0 heterocycles. The zero-order valence-electron chi connectivity index (χ0n) is 14.0. The zero-order chi connectivity index (χ0) is 15.6. The second-order valence-corrected chi connectivity index (χ2v) is 10.7. The van der Waals surface area contributed by atoms with Gasteiger partial charge in [0, 0.05) is 11.1 Å². The summed E-state index contributed by atoms with van der Waals surface area (Å²) in [4.78, 5) is 0. The number of hydrogen-bond donors (Lipinski definition) is 0. The Bertz CT molecular complexity index is 387. The number of unbranched alkanes of at least 4 members (excludes halogenated alkanes) is 3. The van der Waals surface area contributed by atoms with Crippen LogP contribution in [0.3, 0.4) is 0 Å². The van der Waals surface area contributed by atoms with Gasteiger partial charge in [-0.25, -0.2) is 0 Å². The van der Waals surface area contributed by atoms with Crippen molar-refractivity contribution >= 4 is 29.4 Å². The number of rotatable bonds is 11. The average Bonchev–Trinajstić information content (AvgIpc) is 2.50. The fraction of sp³-hybridized carbons (Fsp3) is 0.667. The molecule has 0 aliphatic carbocycles. The van der Waals surface area contributed by atoms with Crippen molar-refractivity contribution < 1.29 is 4.43 Å². The first kappa shape index (κ1) is 18.9. The summed E-state index contributed by atoms with van der Waals surface area (Å²) in [7, 11) is -1.81. The third kappa shape index (κ3) is 6.25. The summed E-state index contributed by atoms with van der Waals surface area (Å²) in [5.74, 6) is 0. The van der Waals surface area contributed by atoms with Crippen LogP contribution in [-0.4, -0.2) is 14.9 Å². The van der Waals surface area contributed by atoms with Crippen LogP contribution in [0.2, 0.25) is 12.1 Å². The summed E-state index contributed by atoms with van der Waals surface area (Å²) in [5.41, 5.74) is 0. The third-order valence-corrected chi connectivity index (χ3v) is 9.03. The van der Waals surface area contributed by atoms with Crippen LogP contribution in [0.1, 0.15) is 59.3 Å². The maximum Gasteiger partial charge on any atom is 0.224 e. The van der Waals surface area contributed by atoms with Crippen molar-refractivity contribution in [3.8, 4) is 0 Å². The van der Waals surface area contributed by atoms with Crippen LogP contribution in [0.25, 0.3) is 0 Å². The molecule has 0 radical (unpaired) electrons. The standard InChI is InChI=1S/C18H31BrOSi/c1-4-7-13-20-21(14-8-5-2,15-9-6-3)18-12-10-11-17(19)16-18/h10-12,16H,4-9,13-15H2,1-3H3. The Morgan fingerprint density at radius 1 is 0.952 bits per heavy atom. The molecule has 0 aromatic heterocycles. The van der Waals surface area contributed by atoms with Crippen LogP contribution in [0, 0.1) is 0 Å². The Labute approximate surface area is 140 Å². The van der Waals surface area contributed by atoms with Gasteiger partial charge in [-0.05, 0) is 35.8 Å². The molecule has 0 bridgehead atoms. The summed E-state index contributed by atoms with van der Waals surface area (Å²) in [6.07, 6.45) is 7.48. The van der Waals surface area contributed by atoms with Gasteiger partial charge in [0.1, 0.15) is 0 Å². The second-order valence-electron chi connectivity index (χ2n) is 5.91. The molecule has 0 N–H and O–H groups in total. The number of hydrogen-bond acceptors (Lipinski definition) is 1. The van der Waals surface area contributed by atoms with Crippen molar-refractivity contribution in [3.63, 3.8) is 0 Å². The fourth-order valence-electron chi connectivity index (χ4n) is 2.75. The van der Waals surface area contributed by atoms with Crippen molar-refractivity contribution in [2.24, 2.45) is 0 Å². The highest BCUT2D eigenvalue weighted by Gasteiger charge is 2.36. The Kier molecular flexibility index (Phi) is 9.53. The van der Waals surface area contributed by atoms with E-state index in [1.54, 1.807) is 0 Å². The van der Waals surface area contributed by atoms with E-state index < -0.39 is 8.32 Å². The molecule has 0 saturated carbocycles. The van der Waals surface area contributed by atoms with Gasteiger partial charge in [-0.2, -0.15) is 0 Å². The minimum atomic E-state index is -1.81. The Morgan fingerprint density at radius 3 is 2.10 bits per heavy atom. The molecule has 0 unspecified atom stereocenters. The molecule has 1 rings (SSSR count). The molecular formula is C18H31BrOSi. The number of benzene rings is 1. The molecule has 21 heavy (non-hydrogen) atoms. The molecule has 1 aromatic rings. The van der Waals surface area contributed by atoms with Crippen molar-refractivity contribution in [3.05, 3.63) is 28.7 Å². The molecule has 0 aliphatic rings. The van der Waals surface area contributed by atoms with E-state index in [-0.39, 0.29) is 0 Å². The highest BCUT2D eigenvalue weighted by Crippen LogP contribution is 2.25. The van der Waals surface area contributed by atoms with E-state index in [2.05, 4.69) is 61.0 Å². The van der Waals surface area contributed by atoms with Crippen LogP contribution in [0.15, 0.2) is 28.7 Å². The third-order valence-electron chi connectivity index (χ3n) is 4.10. The minimum absolute atomic E-state index is 0.933. The minimum Gasteiger partial charge on any atom is -0.412 e. The lowest BCUT2D eigenvalue weighted by molar-refractivity contribution is 0.296. The predicted octanol–water partition coefficient (Wildman–Crippen LogP) is 6.02. The topological polar surface area (TPSA) is 9.23 Å². The summed E-state index contributed by atoms with van der Waals surface area (Å²) < 4.78 is 7.82. The highest BCUT2D eigenvalue weighted by molar-refractivity contribution is 9.10. The monoisotopic (exact) mass is 370 g/mol. The smallest absolute Gasteiger partial charge is 0.224 e. The Balaban J connectivity index is 3.01. The molecule has 120 valence electrons. The van der Waals surface area contributed by atoms with Gasteiger partial charge in [0.2, 0.25) is 8.32 Å². The van der Waals surface area contributed by atoms with Gasteiger partial charge < -0.3 is 4.43 Å². The summed E-state index contributed by atoms with van der Waals surface area (Å²) in [6.45, 7) is 7.74. The van der Waals surface area contributed by atoms with Gasteiger partial charge in [0.15, 0.2) is 0 Å². The van der Waals surface area contributed by atoms with Crippen LogP contribution in [0.4, 0.5) is 0 Å². The molecule has 3 heteroatoms. The molecule has 0 fully saturated rings. The Hall–Kier alpha value is -0.123. The van der Waals surface area contributed by atoms with Crippen molar-refractivity contribution in [1.29, 1.82) is 0 Å².